The summed E-state index contributed by atoms with van der Waals surface area (Å²) in [6.07, 6.45) is 2.27. The second-order valence-electron chi connectivity index (χ2n) is 7.62. The van der Waals surface area contributed by atoms with Crippen molar-refractivity contribution in [1.29, 1.82) is 0 Å². The van der Waals surface area contributed by atoms with Crippen molar-refractivity contribution in [2.45, 2.75) is 25.7 Å². The number of aldehydes is 1. The van der Waals surface area contributed by atoms with E-state index in [1.807, 2.05) is 17.6 Å². The molecule has 1 saturated heterocycles. The van der Waals surface area contributed by atoms with Gasteiger partial charge in [-0.15, -0.1) is 5.09 Å². The smallest absolute Gasteiger partial charge is 0.371 e. The lowest BCUT2D eigenvalue weighted by atomic mass is 10.1. The van der Waals surface area contributed by atoms with Crippen molar-refractivity contribution in [2.24, 2.45) is 5.92 Å². The number of carbonyl (C=O) groups excluding carboxylic acids is 1. The van der Waals surface area contributed by atoms with Crippen LogP contribution in [0.5, 0.6) is 5.75 Å². The Morgan fingerprint density at radius 2 is 2.15 bits per heavy atom. The summed E-state index contributed by atoms with van der Waals surface area (Å²) in [6.45, 7) is 2.00. The molecule has 1 aromatic carbocycles. The lowest BCUT2D eigenvalue weighted by molar-refractivity contribution is -0.107. The molecule has 3 heterocycles. The molecule has 33 heavy (non-hydrogen) atoms. The monoisotopic (exact) mass is 476 g/mol. The summed E-state index contributed by atoms with van der Waals surface area (Å²) in [5, 5.41) is 5.63. The lowest BCUT2D eigenvalue weighted by Crippen LogP contribution is -2.27. The van der Waals surface area contributed by atoms with Crippen LogP contribution in [0.25, 0.3) is 11.2 Å². The normalized spacial score (nSPS) is 22.2. The summed E-state index contributed by atoms with van der Waals surface area (Å²) in [6, 6.07) is 8.76. The number of nitrogens with one attached hydrogen (secondary N) is 2. The number of aromatic nitrogens is 4. The minimum Gasteiger partial charge on any atom is -0.371 e. The SMILES string of the molecule is CNc1nc(N)nc2c1ncn2C1OC(CO[P+](O)(NCC=O)Oc2ccccc2)CC1C. The first-order valence-electron chi connectivity index (χ1n) is 10.5. The fourth-order valence-electron chi connectivity index (χ4n) is 3.72. The average Bonchev–Trinajstić information content (AvgIpc) is 3.39. The molecule has 176 valence electrons. The molecule has 5 N–H and O–H groups in total. The number of nitrogens with two attached hydrogens (primary N) is 1. The molecule has 0 spiro atoms. The highest BCUT2D eigenvalue weighted by Crippen LogP contribution is 2.53. The van der Waals surface area contributed by atoms with Crippen molar-refractivity contribution >= 4 is 37.3 Å². The number of anilines is 2. The highest BCUT2D eigenvalue weighted by atomic mass is 31.2. The van der Waals surface area contributed by atoms with E-state index < -0.39 is 8.09 Å². The van der Waals surface area contributed by atoms with Gasteiger partial charge in [-0.1, -0.05) is 25.1 Å². The van der Waals surface area contributed by atoms with Crippen LogP contribution in [0.4, 0.5) is 11.8 Å². The number of carbonyl (C=O) groups is 1. The van der Waals surface area contributed by atoms with Gasteiger partial charge in [-0.25, -0.2) is 4.98 Å². The molecule has 0 saturated carbocycles. The van der Waals surface area contributed by atoms with Crippen LogP contribution in [0.3, 0.4) is 0 Å². The van der Waals surface area contributed by atoms with Gasteiger partial charge in [0.15, 0.2) is 22.7 Å². The van der Waals surface area contributed by atoms with E-state index >= 15 is 0 Å². The Bertz CT molecular complexity index is 1100. The number of fused-ring (bicyclic) bond motifs is 1. The van der Waals surface area contributed by atoms with E-state index in [1.54, 1.807) is 37.6 Å². The van der Waals surface area contributed by atoms with E-state index in [2.05, 4.69) is 25.4 Å². The third-order valence-corrected chi connectivity index (χ3v) is 6.72. The number of rotatable bonds is 10. The van der Waals surface area contributed by atoms with Crippen molar-refractivity contribution in [2.75, 3.05) is 31.2 Å². The van der Waals surface area contributed by atoms with Crippen molar-refractivity contribution in [1.82, 2.24) is 24.6 Å². The Morgan fingerprint density at radius 3 is 2.88 bits per heavy atom. The van der Waals surface area contributed by atoms with Gasteiger partial charge in [0.25, 0.3) is 0 Å². The van der Waals surface area contributed by atoms with Crippen molar-refractivity contribution in [3.63, 3.8) is 0 Å². The Hall–Kier alpha value is -2.89. The van der Waals surface area contributed by atoms with Crippen LogP contribution in [0.2, 0.25) is 0 Å². The molecule has 2 aromatic heterocycles. The number of para-hydroxylation sites is 1. The Labute approximate surface area is 191 Å². The fourth-order valence-corrected chi connectivity index (χ4v) is 5.01. The molecule has 0 aliphatic carbocycles. The first kappa shape index (κ1) is 23.3. The van der Waals surface area contributed by atoms with Crippen LogP contribution >= 0.6 is 8.09 Å². The standard InChI is InChI=1S/C20H27N7O5P/c1-13-10-15(11-30-33(29,24-8-9-28)32-14-6-4-3-5-7-14)31-19(13)27-12-23-16-17(22-2)25-20(21)26-18(16)27/h3-7,9,12-13,15,19,24,29H,8,10-11H2,1-2H3,(H3,21,22,25,26)/q+1. The van der Waals surface area contributed by atoms with Crippen molar-refractivity contribution in [3.05, 3.63) is 36.7 Å². The van der Waals surface area contributed by atoms with E-state index in [9.17, 15) is 9.69 Å². The molecule has 0 radical (unpaired) electrons. The molecule has 0 amide bonds. The van der Waals surface area contributed by atoms with E-state index in [0.29, 0.717) is 35.4 Å². The molecular weight excluding hydrogens is 449 g/mol. The third kappa shape index (κ3) is 5.21. The largest absolute Gasteiger partial charge is 0.544 e. The summed E-state index contributed by atoms with van der Waals surface area (Å²) in [7, 11) is -1.80. The van der Waals surface area contributed by atoms with Gasteiger partial charge in [-0.2, -0.15) is 19.4 Å². The summed E-state index contributed by atoms with van der Waals surface area (Å²) in [5.41, 5.74) is 7.01. The van der Waals surface area contributed by atoms with Crippen molar-refractivity contribution in [3.8, 4) is 5.75 Å². The first-order valence-corrected chi connectivity index (χ1v) is 12.0. The van der Waals surface area contributed by atoms with E-state index in [1.165, 1.54) is 0 Å². The van der Waals surface area contributed by atoms with Gasteiger partial charge < -0.3 is 20.6 Å². The van der Waals surface area contributed by atoms with Crippen LogP contribution in [-0.4, -0.2) is 57.0 Å². The zero-order valence-electron chi connectivity index (χ0n) is 18.3. The molecular formula is C20H27N7O5P+. The van der Waals surface area contributed by atoms with Crippen LogP contribution < -0.4 is 20.7 Å². The van der Waals surface area contributed by atoms with Crippen LogP contribution in [0, 0.1) is 5.92 Å². The molecule has 1 fully saturated rings. The lowest BCUT2D eigenvalue weighted by Gasteiger charge is -2.19. The molecule has 1 aliphatic heterocycles. The predicted molar refractivity (Wildman–Crippen MR) is 123 cm³/mol. The minimum atomic E-state index is -3.54. The van der Waals surface area contributed by atoms with Gasteiger partial charge >= 0.3 is 8.09 Å². The molecule has 12 nitrogen and oxygen atoms in total. The number of hydrogen-bond donors (Lipinski definition) is 4. The molecule has 0 bridgehead atoms. The third-order valence-electron chi connectivity index (χ3n) is 5.19. The maximum atomic E-state index is 10.9. The van der Waals surface area contributed by atoms with Gasteiger partial charge in [0.2, 0.25) is 5.95 Å². The number of imidazole rings is 1. The van der Waals surface area contributed by atoms with Crippen LogP contribution in [-0.2, 0) is 14.1 Å². The molecule has 4 rings (SSSR count). The number of hydrogen-bond acceptors (Lipinski definition) is 11. The first-order chi connectivity index (χ1) is 15.9. The van der Waals surface area contributed by atoms with Crippen molar-refractivity contribution < 1.29 is 23.5 Å². The minimum absolute atomic E-state index is 0.0648. The van der Waals surface area contributed by atoms with Crippen LogP contribution in [0.1, 0.15) is 19.6 Å². The Kier molecular flexibility index (Phi) is 7.01. The number of nitrogen functional groups attached to an aromatic ring is 1. The summed E-state index contributed by atoms with van der Waals surface area (Å²) in [5.74, 6) is 1.20. The number of ether oxygens (including phenoxy) is 1. The molecule has 4 unspecified atom stereocenters. The maximum Gasteiger partial charge on any atom is 0.544 e. The molecule has 3 aromatic rings. The summed E-state index contributed by atoms with van der Waals surface area (Å²) in [4.78, 5) is 34.6. The zero-order chi connectivity index (χ0) is 23.4. The predicted octanol–water partition coefficient (Wildman–Crippen LogP) is 1.93. The van der Waals surface area contributed by atoms with E-state index in [-0.39, 0.29) is 37.3 Å². The zero-order valence-corrected chi connectivity index (χ0v) is 19.2. The quantitative estimate of drug-likeness (QED) is 0.250. The summed E-state index contributed by atoms with van der Waals surface area (Å²) >= 11 is 0. The second kappa shape index (κ2) is 9.94. The van der Waals surface area contributed by atoms with Gasteiger partial charge in [-0.05, 0) is 18.6 Å². The highest BCUT2D eigenvalue weighted by molar-refractivity contribution is 7.58. The molecule has 13 heteroatoms. The maximum absolute atomic E-state index is 10.9. The van der Waals surface area contributed by atoms with Crippen LogP contribution in [0.15, 0.2) is 36.7 Å². The van der Waals surface area contributed by atoms with Gasteiger partial charge in [0.05, 0.1) is 19.0 Å². The molecule has 1 aliphatic rings. The van der Waals surface area contributed by atoms with E-state index in [4.69, 9.17) is 19.5 Å². The number of benzene rings is 1. The van der Waals surface area contributed by atoms with E-state index in [0.717, 1.165) is 0 Å². The number of nitrogens with zero attached hydrogens (tertiary/aromatic N) is 4. The molecule has 4 atom stereocenters. The van der Waals surface area contributed by atoms with Gasteiger partial charge in [-0.3, -0.25) is 9.09 Å². The van der Waals surface area contributed by atoms with Gasteiger partial charge in [0, 0.05) is 13.0 Å². The highest BCUT2D eigenvalue weighted by Gasteiger charge is 2.45. The van der Waals surface area contributed by atoms with Gasteiger partial charge in [0.1, 0.15) is 19.1 Å². The Balaban J connectivity index is 1.46. The average molecular weight is 476 g/mol. The second-order valence-corrected chi connectivity index (χ2v) is 9.41. The summed E-state index contributed by atoms with van der Waals surface area (Å²) < 4.78 is 19.4. The fraction of sp³-hybridized carbons (Fsp3) is 0.400. The Morgan fingerprint density at radius 1 is 1.36 bits per heavy atom. The topological polar surface area (TPSA) is 159 Å².